The van der Waals surface area contributed by atoms with Crippen LogP contribution in [0.3, 0.4) is 0 Å². The van der Waals surface area contributed by atoms with Crippen molar-refractivity contribution >= 4 is 11.6 Å². The Bertz CT molecular complexity index is 792. The molecular weight excluding hydrogens is 332 g/mol. The van der Waals surface area contributed by atoms with Gasteiger partial charge in [0, 0.05) is 43.5 Å². The third-order valence-corrected chi connectivity index (χ3v) is 7.18. The smallest absolute Gasteiger partial charge is 0.239 e. The van der Waals surface area contributed by atoms with Crippen LogP contribution < -0.4 is 4.90 Å². The average Bonchev–Trinajstić information content (AvgIpc) is 3.01. The van der Waals surface area contributed by atoms with Crippen LogP contribution in [0.1, 0.15) is 25.3 Å². The summed E-state index contributed by atoms with van der Waals surface area (Å²) < 4.78 is 0. The highest BCUT2D eigenvalue weighted by atomic mass is 16.3. The van der Waals surface area contributed by atoms with Gasteiger partial charge >= 0.3 is 0 Å². The van der Waals surface area contributed by atoms with Gasteiger partial charge in [0.1, 0.15) is 0 Å². The number of aliphatic hydroxyl groups is 2. The van der Waals surface area contributed by atoms with Crippen molar-refractivity contribution in [2.75, 3.05) is 18.6 Å². The van der Waals surface area contributed by atoms with Crippen LogP contribution in [0.25, 0.3) is 0 Å². The zero-order valence-electron chi connectivity index (χ0n) is 15.1. The number of likely N-dealkylation sites (N-methyl/N-ethyl adjacent to an activating group) is 1. The van der Waals surface area contributed by atoms with Crippen LogP contribution in [0.15, 0.2) is 36.0 Å². The first-order chi connectivity index (χ1) is 12.0. The van der Waals surface area contributed by atoms with E-state index in [-0.39, 0.29) is 41.9 Å². The van der Waals surface area contributed by atoms with E-state index >= 15 is 0 Å². The summed E-state index contributed by atoms with van der Waals surface area (Å²) in [6.07, 6.45) is 3.16. The van der Waals surface area contributed by atoms with Crippen LogP contribution in [-0.2, 0) is 10.2 Å². The molecule has 0 aliphatic carbocycles. The van der Waals surface area contributed by atoms with Crippen molar-refractivity contribution in [2.45, 2.75) is 43.4 Å². The molecule has 1 amide bonds. The number of hydrogen-bond donors (Lipinski definition) is 2. The molecule has 1 aromatic rings. The summed E-state index contributed by atoms with van der Waals surface area (Å²) in [6, 6.07) is 8.41. The Morgan fingerprint density at radius 2 is 2.08 bits per heavy atom. The molecule has 6 heteroatoms. The fraction of sp³-hybridized carbons (Fsp3) is 0.550. The molecule has 140 valence electrons. The molecule has 0 aromatic heterocycles. The first-order valence-corrected chi connectivity index (χ1v) is 9.16. The number of anilines is 1. The third kappa shape index (κ3) is 1.79. The zero-order valence-corrected chi connectivity index (χ0v) is 15.1. The molecule has 0 unspecified atom stereocenters. The van der Waals surface area contributed by atoms with E-state index in [0.717, 1.165) is 29.7 Å². The van der Waals surface area contributed by atoms with E-state index in [9.17, 15) is 15.0 Å². The highest BCUT2D eigenvalue weighted by Crippen LogP contribution is 2.61. The second-order valence-corrected chi connectivity index (χ2v) is 8.08. The van der Waals surface area contributed by atoms with Gasteiger partial charge in [0.05, 0.1) is 11.5 Å². The van der Waals surface area contributed by atoms with Crippen molar-refractivity contribution in [1.29, 1.82) is 0 Å². The van der Waals surface area contributed by atoms with Gasteiger partial charge in [-0.2, -0.15) is 0 Å². The van der Waals surface area contributed by atoms with E-state index < -0.39 is 11.5 Å². The fourth-order valence-electron chi connectivity index (χ4n) is 6.13. The number of piperidine rings is 1. The number of carbonyl (C=O) groups excluding carboxylic acids is 1. The maximum atomic E-state index is 13.4. The summed E-state index contributed by atoms with van der Waals surface area (Å²) >= 11 is 0. The molecule has 1 spiro atoms. The van der Waals surface area contributed by atoms with Crippen LogP contribution in [0.5, 0.6) is 0 Å². The first kappa shape index (κ1) is 17.5. The number of amides is 1. The van der Waals surface area contributed by atoms with E-state index in [1.807, 2.05) is 25.2 Å². The van der Waals surface area contributed by atoms with Gasteiger partial charge < -0.3 is 25.5 Å². The summed E-state index contributed by atoms with van der Waals surface area (Å²) in [5, 5.41) is 20.2. The number of nitrogens with zero attached hydrogens (tertiary/aromatic N) is 2. The van der Waals surface area contributed by atoms with Gasteiger partial charge in [-0.25, -0.2) is 0 Å². The van der Waals surface area contributed by atoms with Gasteiger partial charge in [-0.15, -0.1) is 0 Å². The predicted octanol–water partition coefficient (Wildman–Crippen LogP) is 0.426. The molecule has 6 rings (SSSR count). The summed E-state index contributed by atoms with van der Waals surface area (Å²) in [5.41, 5.74) is 2.64. The third-order valence-electron chi connectivity index (χ3n) is 7.18. The monoisotopic (exact) mass is 358 g/mol. The average molecular weight is 358 g/mol. The van der Waals surface area contributed by atoms with Crippen LogP contribution >= 0.6 is 0 Å². The maximum absolute atomic E-state index is 13.4. The molecule has 6 nitrogen and oxygen atoms in total. The number of para-hydroxylation sites is 1. The largest absolute Gasteiger partial charge is 0.412 e. The quantitative estimate of drug-likeness (QED) is 0.801. The van der Waals surface area contributed by atoms with Gasteiger partial charge in [-0.05, 0) is 42.9 Å². The minimum Gasteiger partial charge on any atom is -0.412 e. The summed E-state index contributed by atoms with van der Waals surface area (Å²) in [7, 11) is 1.87. The van der Waals surface area contributed by atoms with Gasteiger partial charge in [-0.3, -0.25) is 4.79 Å². The lowest BCUT2D eigenvalue weighted by molar-refractivity contribution is -0.124. The van der Waals surface area contributed by atoms with E-state index in [2.05, 4.69) is 17.2 Å². The van der Waals surface area contributed by atoms with Gasteiger partial charge in [0.2, 0.25) is 5.91 Å². The standard InChI is InChI=1S/C20H24N2O3.H2O/c1-11(24)13-9-22-17-8-20(18(22)7-12(13)14(17)10-23)15-5-3-4-6-16(15)21(2)19(20)25;/h3-6,9,11-12,14,17-18,23-24H,7-8,10H2,1-2H3;1H2/t11-,12-,14+,17-,18-,20-;/m0./s1. The van der Waals surface area contributed by atoms with Gasteiger partial charge in [-0.1, -0.05) is 18.2 Å². The molecular formula is C20H26N2O4. The lowest BCUT2D eigenvalue weighted by atomic mass is 9.69. The fourth-order valence-corrected chi connectivity index (χ4v) is 6.13. The SMILES string of the molecule is C[C@H](O)C1=CN2[C@H]3C[C@@H]1[C@@H](CO)[C@@H]2C[C@@]31C(=O)N(C)c2ccccc21.O. The van der Waals surface area contributed by atoms with E-state index in [1.165, 1.54) is 0 Å². The number of carbonyl (C=O) groups is 1. The van der Waals surface area contributed by atoms with Crippen molar-refractivity contribution < 1.29 is 20.5 Å². The normalized spacial score (nSPS) is 37.7. The van der Waals surface area contributed by atoms with Crippen molar-refractivity contribution in [3.63, 3.8) is 0 Å². The Hall–Kier alpha value is -1.89. The molecule has 4 bridgehead atoms. The molecule has 6 atom stereocenters. The van der Waals surface area contributed by atoms with E-state index in [0.29, 0.717) is 0 Å². The number of benzene rings is 1. The molecule has 5 aliphatic heterocycles. The Morgan fingerprint density at radius 1 is 1.35 bits per heavy atom. The lowest BCUT2D eigenvalue weighted by Gasteiger charge is -2.51. The molecule has 5 heterocycles. The Labute approximate surface area is 153 Å². The van der Waals surface area contributed by atoms with Gasteiger partial charge in [0.25, 0.3) is 0 Å². The van der Waals surface area contributed by atoms with Crippen molar-refractivity contribution in [3.8, 4) is 0 Å². The molecule has 4 N–H and O–H groups in total. The Morgan fingerprint density at radius 3 is 2.77 bits per heavy atom. The minimum atomic E-state index is -0.515. The Balaban J connectivity index is 0.00000168. The highest BCUT2D eigenvalue weighted by molar-refractivity contribution is 6.08. The van der Waals surface area contributed by atoms with Crippen molar-refractivity contribution in [1.82, 2.24) is 4.90 Å². The predicted molar refractivity (Wildman–Crippen MR) is 97.6 cm³/mol. The van der Waals surface area contributed by atoms with Crippen LogP contribution in [0.4, 0.5) is 5.69 Å². The van der Waals surface area contributed by atoms with Crippen molar-refractivity contribution in [2.24, 2.45) is 11.8 Å². The first-order valence-electron chi connectivity index (χ1n) is 9.16. The summed E-state index contributed by atoms with van der Waals surface area (Å²) in [6.45, 7) is 1.90. The van der Waals surface area contributed by atoms with Crippen molar-refractivity contribution in [3.05, 3.63) is 41.6 Å². The number of hydrogen-bond acceptors (Lipinski definition) is 4. The minimum absolute atomic E-state index is 0. The topological polar surface area (TPSA) is 95.5 Å². The number of fused-ring (bicyclic) bond motifs is 2. The summed E-state index contributed by atoms with van der Waals surface area (Å²) in [4.78, 5) is 17.5. The Kier molecular flexibility index (Phi) is 3.74. The molecule has 2 fully saturated rings. The second-order valence-electron chi connectivity index (χ2n) is 8.08. The molecule has 26 heavy (non-hydrogen) atoms. The molecule has 1 aromatic carbocycles. The molecule has 5 aliphatic rings. The van der Waals surface area contributed by atoms with E-state index in [4.69, 9.17) is 0 Å². The number of rotatable bonds is 2. The van der Waals surface area contributed by atoms with Crippen LogP contribution in [-0.4, -0.2) is 58.3 Å². The summed E-state index contributed by atoms with van der Waals surface area (Å²) in [5.74, 6) is 0.434. The molecule has 2 saturated heterocycles. The van der Waals surface area contributed by atoms with Gasteiger partial charge in [0.15, 0.2) is 0 Å². The van der Waals surface area contributed by atoms with Crippen LogP contribution in [0, 0.1) is 11.8 Å². The number of aliphatic hydroxyl groups excluding tert-OH is 2. The maximum Gasteiger partial charge on any atom is 0.239 e. The second kappa shape index (κ2) is 5.55. The highest BCUT2D eigenvalue weighted by Gasteiger charge is 2.67. The molecule has 0 radical (unpaired) electrons. The lowest BCUT2D eigenvalue weighted by Crippen LogP contribution is -2.56. The van der Waals surface area contributed by atoms with Crippen LogP contribution in [0.2, 0.25) is 0 Å². The zero-order chi connectivity index (χ0) is 17.5. The molecule has 0 saturated carbocycles. The van der Waals surface area contributed by atoms with E-state index in [1.54, 1.807) is 11.8 Å².